The third kappa shape index (κ3) is 3.67. The minimum atomic E-state index is -4.25. The van der Waals surface area contributed by atoms with Crippen LogP contribution in [0, 0.1) is 0 Å². The van der Waals surface area contributed by atoms with Gasteiger partial charge in [0.05, 0.1) is 18.2 Å². The van der Waals surface area contributed by atoms with E-state index >= 15 is 0 Å². The third-order valence-corrected chi connectivity index (χ3v) is 4.13. The van der Waals surface area contributed by atoms with Crippen molar-refractivity contribution in [1.29, 1.82) is 0 Å². The molecule has 2 rings (SSSR count). The minimum absolute atomic E-state index is 0.0559. The molecular weight excluding hydrogens is 322 g/mol. The first-order valence-electron chi connectivity index (χ1n) is 6.37. The molecule has 0 atom stereocenters. The van der Waals surface area contributed by atoms with E-state index in [9.17, 15) is 18.0 Å². The number of carbonyl (C=O) groups is 2. The number of esters is 1. The van der Waals surface area contributed by atoms with Crippen molar-refractivity contribution in [2.24, 2.45) is 5.73 Å². The van der Waals surface area contributed by atoms with Crippen LogP contribution in [0.4, 0.5) is 0 Å². The van der Waals surface area contributed by atoms with Crippen LogP contribution in [0.15, 0.2) is 53.4 Å². The van der Waals surface area contributed by atoms with E-state index in [2.05, 4.69) is 4.74 Å². The fourth-order valence-electron chi connectivity index (χ4n) is 1.81. The van der Waals surface area contributed by atoms with Gasteiger partial charge in [-0.1, -0.05) is 18.2 Å². The number of nitrogens with two attached hydrogens (primary N) is 1. The number of carbonyl (C=O) groups excluding carboxylic acids is 2. The quantitative estimate of drug-likeness (QED) is 0.651. The van der Waals surface area contributed by atoms with Gasteiger partial charge in [-0.05, 0) is 30.3 Å². The predicted octanol–water partition coefficient (Wildman–Crippen LogP) is 1.34. The number of hydrogen-bond acceptors (Lipinski definition) is 6. The Morgan fingerprint density at radius 3 is 2.39 bits per heavy atom. The van der Waals surface area contributed by atoms with Crippen LogP contribution in [-0.4, -0.2) is 27.4 Å². The molecule has 0 unspecified atom stereocenters. The number of methoxy groups -OCH3 is 1. The lowest BCUT2D eigenvalue weighted by Crippen LogP contribution is -2.16. The van der Waals surface area contributed by atoms with Gasteiger partial charge in [-0.2, -0.15) is 8.42 Å². The molecular formula is C15H13NO6S. The van der Waals surface area contributed by atoms with Gasteiger partial charge in [-0.25, -0.2) is 4.79 Å². The van der Waals surface area contributed by atoms with Crippen LogP contribution in [0.3, 0.4) is 0 Å². The Hall–Kier alpha value is -2.87. The van der Waals surface area contributed by atoms with Gasteiger partial charge in [0.1, 0.15) is 4.90 Å². The number of ether oxygens (including phenoxy) is 1. The molecule has 8 heteroatoms. The van der Waals surface area contributed by atoms with Crippen molar-refractivity contribution < 1.29 is 26.9 Å². The lowest BCUT2D eigenvalue weighted by molar-refractivity contribution is 0.0600. The molecule has 0 fully saturated rings. The molecule has 120 valence electrons. The SMILES string of the molecule is COC(=O)c1cccc(S(=O)(=O)Oc2ccccc2C(N)=O)c1. The fraction of sp³-hybridized carbons (Fsp3) is 0.0667. The molecule has 0 saturated heterocycles. The predicted molar refractivity (Wildman–Crippen MR) is 80.6 cm³/mol. The Kier molecular flexibility index (Phi) is 4.65. The van der Waals surface area contributed by atoms with Gasteiger partial charge in [0.2, 0.25) is 0 Å². The Labute approximate surface area is 132 Å². The molecule has 23 heavy (non-hydrogen) atoms. The van der Waals surface area contributed by atoms with Gasteiger partial charge in [0.15, 0.2) is 5.75 Å². The van der Waals surface area contributed by atoms with Crippen molar-refractivity contribution in [1.82, 2.24) is 0 Å². The van der Waals surface area contributed by atoms with E-state index in [0.717, 1.165) is 6.07 Å². The van der Waals surface area contributed by atoms with E-state index in [0.29, 0.717) is 0 Å². The van der Waals surface area contributed by atoms with Crippen LogP contribution in [0.5, 0.6) is 5.75 Å². The monoisotopic (exact) mass is 335 g/mol. The van der Waals surface area contributed by atoms with Crippen molar-refractivity contribution in [3.8, 4) is 5.75 Å². The molecule has 1 amide bonds. The standard InChI is InChI=1S/C15H13NO6S/c1-21-15(18)10-5-4-6-11(9-10)23(19,20)22-13-8-3-2-7-12(13)14(16)17/h2-9H,1H3,(H2,16,17). The number of benzene rings is 2. The number of rotatable bonds is 5. The van der Waals surface area contributed by atoms with Crippen molar-refractivity contribution in [2.45, 2.75) is 4.90 Å². The molecule has 0 aliphatic rings. The highest BCUT2D eigenvalue weighted by Crippen LogP contribution is 2.23. The highest BCUT2D eigenvalue weighted by atomic mass is 32.2. The molecule has 2 aromatic carbocycles. The Morgan fingerprint density at radius 1 is 1.04 bits per heavy atom. The van der Waals surface area contributed by atoms with Gasteiger partial charge in [0.25, 0.3) is 5.91 Å². The highest BCUT2D eigenvalue weighted by Gasteiger charge is 2.21. The van der Waals surface area contributed by atoms with Crippen molar-refractivity contribution in [3.63, 3.8) is 0 Å². The van der Waals surface area contributed by atoms with Crippen LogP contribution in [0.2, 0.25) is 0 Å². The van der Waals surface area contributed by atoms with Crippen LogP contribution in [-0.2, 0) is 14.9 Å². The average Bonchev–Trinajstić information content (AvgIpc) is 2.54. The van der Waals surface area contributed by atoms with Gasteiger partial charge >= 0.3 is 16.1 Å². The Balaban J connectivity index is 2.41. The molecule has 0 aliphatic carbocycles. The van der Waals surface area contributed by atoms with Gasteiger partial charge in [-0.3, -0.25) is 4.79 Å². The molecule has 0 aliphatic heterocycles. The molecule has 0 radical (unpaired) electrons. The summed E-state index contributed by atoms with van der Waals surface area (Å²) in [5.74, 6) is -1.69. The van der Waals surface area contributed by atoms with E-state index in [1.807, 2.05) is 0 Å². The first-order valence-corrected chi connectivity index (χ1v) is 7.77. The summed E-state index contributed by atoms with van der Waals surface area (Å²) in [4.78, 5) is 22.5. The third-order valence-electron chi connectivity index (χ3n) is 2.90. The molecule has 0 bridgehead atoms. The maximum Gasteiger partial charge on any atom is 0.339 e. The van der Waals surface area contributed by atoms with Gasteiger partial charge < -0.3 is 14.7 Å². The maximum atomic E-state index is 12.3. The van der Waals surface area contributed by atoms with E-state index in [-0.39, 0.29) is 21.8 Å². The highest BCUT2D eigenvalue weighted by molar-refractivity contribution is 7.87. The zero-order chi connectivity index (χ0) is 17.0. The molecule has 2 aromatic rings. The Morgan fingerprint density at radius 2 is 1.74 bits per heavy atom. The van der Waals surface area contributed by atoms with Crippen molar-refractivity contribution >= 4 is 22.0 Å². The van der Waals surface area contributed by atoms with Gasteiger partial charge in [0, 0.05) is 0 Å². The number of amides is 1. The number of primary amides is 1. The first kappa shape index (κ1) is 16.5. The molecule has 0 saturated carbocycles. The summed E-state index contributed by atoms with van der Waals surface area (Å²) in [6.45, 7) is 0. The number of para-hydroxylation sites is 1. The topological polar surface area (TPSA) is 113 Å². The van der Waals surface area contributed by atoms with Crippen LogP contribution in [0.1, 0.15) is 20.7 Å². The van der Waals surface area contributed by atoms with Crippen molar-refractivity contribution in [2.75, 3.05) is 7.11 Å². The average molecular weight is 335 g/mol. The first-order chi connectivity index (χ1) is 10.8. The molecule has 0 aromatic heterocycles. The molecule has 0 spiro atoms. The molecule has 0 heterocycles. The second-order valence-corrected chi connectivity index (χ2v) is 5.96. The fourth-order valence-corrected chi connectivity index (χ4v) is 2.80. The normalized spacial score (nSPS) is 10.8. The summed E-state index contributed by atoms with van der Waals surface area (Å²) in [6.07, 6.45) is 0. The van der Waals surface area contributed by atoms with Crippen LogP contribution in [0.25, 0.3) is 0 Å². The summed E-state index contributed by atoms with van der Waals surface area (Å²) >= 11 is 0. The summed E-state index contributed by atoms with van der Waals surface area (Å²) in [6, 6.07) is 10.8. The largest absolute Gasteiger partial charge is 0.465 e. The van der Waals surface area contributed by atoms with Crippen molar-refractivity contribution in [3.05, 3.63) is 59.7 Å². The summed E-state index contributed by atoms with van der Waals surface area (Å²) < 4.78 is 34.1. The lowest BCUT2D eigenvalue weighted by Gasteiger charge is -2.10. The van der Waals surface area contributed by atoms with Gasteiger partial charge in [-0.15, -0.1) is 0 Å². The molecule has 7 nitrogen and oxygen atoms in total. The second-order valence-electron chi connectivity index (χ2n) is 4.42. The van der Waals surface area contributed by atoms with E-state index in [4.69, 9.17) is 9.92 Å². The second kappa shape index (κ2) is 6.49. The smallest absolute Gasteiger partial charge is 0.339 e. The number of hydrogen-bond donors (Lipinski definition) is 1. The summed E-state index contributed by atoms with van der Waals surface area (Å²) in [5, 5.41) is 0. The van der Waals surface area contributed by atoms with Crippen LogP contribution >= 0.6 is 0 Å². The zero-order valence-electron chi connectivity index (χ0n) is 12.1. The van der Waals surface area contributed by atoms with E-state index in [1.54, 1.807) is 0 Å². The maximum absolute atomic E-state index is 12.3. The summed E-state index contributed by atoms with van der Waals surface area (Å²) in [5.41, 5.74) is 5.17. The summed E-state index contributed by atoms with van der Waals surface area (Å²) in [7, 11) is -3.07. The lowest BCUT2D eigenvalue weighted by atomic mass is 10.2. The Bertz CT molecular complexity index is 860. The van der Waals surface area contributed by atoms with E-state index in [1.165, 1.54) is 49.6 Å². The van der Waals surface area contributed by atoms with E-state index < -0.39 is 22.0 Å². The van der Waals surface area contributed by atoms with Crippen LogP contribution < -0.4 is 9.92 Å². The zero-order valence-corrected chi connectivity index (χ0v) is 12.9. The molecule has 2 N–H and O–H groups in total. The minimum Gasteiger partial charge on any atom is -0.465 e.